The first-order chi connectivity index (χ1) is 14.7. The van der Waals surface area contributed by atoms with Gasteiger partial charge in [-0.15, -0.1) is 0 Å². The maximum Gasteiger partial charge on any atom is 0.317 e. The van der Waals surface area contributed by atoms with Gasteiger partial charge in [0.15, 0.2) is 0 Å². The number of nitrogens with zero attached hydrogens (tertiary/aromatic N) is 2. The van der Waals surface area contributed by atoms with Gasteiger partial charge in [-0.2, -0.15) is 0 Å². The Hall–Kier alpha value is -2.40. The van der Waals surface area contributed by atoms with E-state index in [1.54, 1.807) is 0 Å². The van der Waals surface area contributed by atoms with Crippen LogP contribution in [0.15, 0.2) is 41.4 Å². The van der Waals surface area contributed by atoms with Crippen LogP contribution < -0.4 is 5.32 Å². The molecule has 1 aliphatic carbocycles. The first-order valence-electron chi connectivity index (χ1n) is 11.5. The van der Waals surface area contributed by atoms with E-state index in [4.69, 9.17) is 9.73 Å². The monoisotopic (exact) mass is 405 g/mol. The van der Waals surface area contributed by atoms with Crippen molar-refractivity contribution in [1.29, 1.82) is 0 Å². The summed E-state index contributed by atoms with van der Waals surface area (Å²) in [5, 5.41) is 3.16. The summed E-state index contributed by atoms with van der Waals surface area (Å²) >= 11 is 0. The van der Waals surface area contributed by atoms with Crippen molar-refractivity contribution in [2.24, 2.45) is 16.8 Å². The van der Waals surface area contributed by atoms with E-state index < -0.39 is 0 Å². The molecular formula is C25H31N3O2. The maximum atomic E-state index is 12.7. The number of ether oxygens (including phenoxy) is 1. The van der Waals surface area contributed by atoms with Gasteiger partial charge in [0.2, 0.25) is 0 Å². The molecule has 2 saturated heterocycles. The quantitative estimate of drug-likeness (QED) is 0.805. The molecule has 0 radical (unpaired) electrons. The lowest BCUT2D eigenvalue weighted by molar-refractivity contribution is 0.0694. The van der Waals surface area contributed by atoms with Gasteiger partial charge in [-0.25, -0.2) is 4.79 Å². The molecule has 1 N–H and O–H groups in total. The van der Waals surface area contributed by atoms with Crippen molar-refractivity contribution in [3.05, 3.63) is 47.6 Å². The molecule has 0 spiro atoms. The summed E-state index contributed by atoms with van der Waals surface area (Å²) in [5.41, 5.74) is 6.37. The highest BCUT2D eigenvalue weighted by Crippen LogP contribution is 2.44. The smallest absolute Gasteiger partial charge is 0.317 e. The highest BCUT2D eigenvalue weighted by Gasteiger charge is 2.36. The number of aryl methyl sites for hydroxylation is 1. The Kier molecular flexibility index (Phi) is 5.47. The fraction of sp³-hybridized carbons (Fsp3) is 0.520. The molecule has 2 fully saturated rings. The molecular weight excluding hydrogens is 374 g/mol. The molecule has 3 aliphatic heterocycles. The highest BCUT2D eigenvalue weighted by molar-refractivity contribution is 6.31. The van der Waals surface area contributed by atoms with Gasteiger partial charge in [-0.3, -0.25) is 4.99 Å². The van der Waals surface area contributed by atoms with Crippen LogP contribution in [-0.4, -0.2) is 49.0 Å². The van der Waals surface area contributed by atoms with Crippen LogP contribution in [0.3, 0.4) is 0 Å². The van der Waals surface area contributed by atoms with Crippen molar-refractivity contribution >= 4 is 23.0 Å². The Morgan fingerprint density at radius 2 is 2.13 bits per heavy atom. The van der Waals surface area contributed by atoms with Gasteiger partial charge in [-0.1, -0.05) is 37.3 Å². The molecule has 5 heteroatoms. The summed E-state index contributed by atoms with van der Waals surface area (Å²) in [6, 6.07) is 6.72. The number of likely N-dealkylation sites (tertiary alicyclic amines) is 1. The standard InChI is InChI=1S/C25H31N3O2/c1-2-17-6-3-10-22-23(17)21-9-4-8-20(24(21)27-22)18-11-13-28(14-12-18)25(29)26-19-7-5-15-30-16-19/h3-4,6,8-10,18-20H,2,5,7,11-16H2,1H3,(H,26,29). The predicted octanol–water partition coefficient (Wildman–Crippen LogP) is 4.51. The number of rotatable bonds is 3. The number of urea groups is 1. The number of aliphatic imine (C=N–C) groups is 1. The van der Waals surface area contributed by atoms with E-state index in [2.05, 4.69) is 48.7 Å². The van der Waals surface area contributed by atoms with Crippen LogP contribution in [0, 0.1) is 11.8 Å². The number of carbonyl (C=O) groups excluding carboxylic acids is 1. The molecule has 2 unspecified atom stereocenters. The largest absolute Gasteiger partial charge is 0.379 e. The van der Waals surface area contributed by atoms with Gasteiger partial charge < -0.3 is 15.0 Å². The van der Waals surface area contributed by atoms with Gasteiger partial charge in [0.1, 0.15) is 0 Å². The number of allylic oxidation sites excluding steroid dienone is 4. The van der Waals surface area contributed by atoms with E-state index >= 15 is 0 Å². The van der Waals surface area contributed by atoms with E-state index in [1.807, 2.05) is 4.90 Å². The minimum absolute atomic E-state index is 0.0712. The molecule has 1 aromatic carbocycles. The summed E-state index contributed by atoms with van der Waals surface area (Å²) in [7, 11) is 0. The SMILES string of the molecule is CCc1cccc2c1C1=CC=CC(C3CCN(C(=O)NC4CCCOC4)CC3)C1=N2. The molecule has 158 valence electrons. The zero-order valence-electron chi connectivity index (χ0n) is 17.8. The molecule has 0 bridgehead atoms. The number of nitrogens with one attached hydrogen (secondary N) is 1. The molecule has 5 rings (SSSR count). The normalized spacial score (nSPS) is 26.0. The van der Waals surface area contributed by atoms with Crippen LogP contribution in [0.1, 0.15) is 43.7 Å². The Bertz CT molecular complexity index is 903. The Morgan fingerprint density at radius 3 is 2.90 bits per heavy atom. The number of benzene rings is 1. The fourth-order valence-electron chi connectivity index (χ4n) is 5.35. The van der Waals surface area contributed by atoms with E-state index in [0.29, 0.717) is 18.4 Å². The number of hydrogen-bond acceptors (Lipinski definition) is 3. The van der Waals surface area contributed by atoms with Gasteiger partial charge >= 0.3 is 6.03 Å². The third-order valence-electron chi connectivity index (χ3n) is 7.02. The second-order valence-electron chi connectivity index (χ2n) is 8.84. The molecule has 1 aromatic rings. The molecule has 2 atom stereocenters. The van der Waals surface area contributed by atoms with Crippen LogP contribution in [0.25, 0.3) is 5.57 Å². The lowest BCUT2D eigenvalue weighted by Gasteiger charge is -2.37. The van der Waals surface area contributed by atoms with E-state index in [1.165, 1.54) is 22.4 Å². The highest BCUT2D eigenvalue weighted by atomic mass is 16.5. The Morgan fingerprint density at radius 1 is 1.27 bits per heavy atom. The third-order valence-corrected chi connectivity index (χ3v) is 7.02. The van der Waals surface area contributed by atoms with Gasteiger partial charge in [0, 0.05) is 36.8 Å². The molecule has 2 amide bonds. The number of hydrogen-bond donors (Lipinski definition) is 1. The maximum absolute atomic E-state index is 12.7. The Labute approximate surface area is 178 Å². The van der Waals surface area contributed by atoms with Crippen molar-refractivity contribution in [3.63, 3.8) is 0 Å². The lowest BCUT2D eigenvalue weighted by atomic mass is 9.76. The summed E-state index contributed by atoms with van der Waals surface area (Å²) < 4.78 is 5.49. The van der Waals surface area contributed by atoms with E-state index in [0.717, 1.165) is 57.5 Å². The van der Waals surface area contributed by atoms with Gasteiger partial charge in [0.05, 0.1) is 24.0 Å². The summed E-state index contributed by atoms with van der Waals surface area (Å²) in [6.07, 6.45) is 11.9. The average Bonchev–Trinajstić information content (AvgIpc) is 3.19. The minimum atomic E-state index is 0.0712. The summed E-state index contributed by atoms with van der Waals surface area (Å²) in [6.45, 7) is 5.30. The average molecular weight is 406 g/mol. The Balaban J connectivity index is 1.24. The number of amides is 2. The van der Waals surface area contributed by atoms with Crippen molar-refractivity contribution < 1.29 is 9.53 Å². The van der Waals surface area contributed by atoms with Crippen molar-refractivity contribution in [3.8, 4) is 0 Å². The molecule has 0 aromatic heterocycles. The van der Waals surface area contributed by atoms with E-state index in [-0.39, 0.29) is 12.1 Å². The fourth-order valence-corrected chi connectivity index (χ4v) is 5.35. The summed E-state index contributed by atoms with van der Waals surface area (Å²) in [4.78, 5) is 19.7. The van der Waals surface area contributed by atoms with Crippen LogP contribution in [0.2, 0.25) is 0 Å². The second kappa shape index (κ2) is 8.38. The predicted molar refractivity (Wildman–Crippen MR) is 120 cm³/mol. The van der Waals surface area contributed by atoms with Crippen LogP contribution in [0.5, 0.6) is 0 Å². The zero-order valence-corrected chi connectivity index (χ0v) is 17.8. The molecule has 4 aliphatic rings. The van der Waals surface area contributed by atoms with Gasteiger partial charge in [0.25, 0.3) is 0 Å². The second-order valence-corrected chi connectivity index (χ2v) is 8.84. The third kappa shape index (κ3) is 3.60. The van der Waals surface area contributed by atoms with E-state index in [9.17, 15) is 4.79 Å². The zero-order chi connectivity index (χ0) is 20.5. The van der Waals surface area contributed by atoms with Crippen molar-refractivity contribution in [2.75, 3.05) is 26.3 Å². The number of fused-ring (bicyclic) bond motifs is 3. The summed E-state index contributed by atoms with van der Waals surface area (Å²) in [5.74, 6) is 0.879. The van der Waals surface area contributed by atoms with Crippen LogP contribution in [-0.2, 0) is 11.2 Å². The first-order valence-corrected chi connectivity index (χ1v) is 11.5. The van der Waals surface area contributed by atoms with Crippen molar-refractivity contribution in [2.45, 2.75) is 45.1 Å². The topological polar surface area (TPSA) is 53.9 Å². The lowest BCUT2D eigenvalue weighted by Crippen LogP contribution is -2.50. The van der Waals surface area contributed by atoms with Crippen LogP contribution in [0.4, 0.5) is 10.5 Å². The number of carbonyl (C=O) groups is 1. The van der Waals surface area contributed by atoms with Gasteiger partial charge in [-0.05, 0) is 49.7 Å². The number of piperidine rings is 1. The molecule has 5 nitrogen and oxygen atoms in total. The molecule has 0 saturated carbocycles. The molecule has 30 heavy (non-hydrogen) atoms. The minimum Gasteiger partial charge on any atom is -0.379 e. The van der Waals surface area contributed by atoms with Crippen molar-refractivity contribution in [1.82, 2.24) is 10.2 Å². The first kappa shape index (κ1) is 19.6. The van der Waals surface area contributed by atoms with Crippen LogP contribution >= 0.6 is 0 Å². The molecule has 3 heterocycles.